The Morgan fingerprint density at radius 1 is 1.18 bits per heavy atom. The molecule has 0 aromatic heterocycles. The van der Waals surface area contributed by atoms with Gasteiger partial charge in [0.15, 0.2) is 0 Å². The van der Waals surface area contributed by atoms with Crippen LogP contribution in [0.1, 0.15) is 24.8 Å². The molecule has 2 atom stereocenters. The van der Waals surface area contributed by atoms with Gasteiger partial charge in [0.25, 0.3) is 0 Å². The fourth-order valence-corrected chi connectivity index (χ4v) is 3.74. The Kier molecular flexibility index (Phi) is 3.62. The molecule has 2 saturated heterocycles. The minimum absolute atomic E-state index is 0.0426. The normalized spacial score (nSPS) is 29.5. The largest absolute Gasteiger partial charge is 0.365 e. The van der Waals surface area contributed by atoms with Crippen molar-refractivity contribution < 1.29 is 13.9 Å². The lowest BCUT2D eigenvalue weighted by atomic mass is 9.92. The highest BCUT2D eigenvalue weighted by Gasteiger charge is 2.45. The van der Waals surface area contributed by atoms with Gasteiger partial charge in [0, 0.05) is 25.7 Å². The Morgan fingerprint density at radius 3 is 2.64 bits per heavy atom. The van der Waals surface area contributed by atoms with Crippen LogP contribution in [-0.4, -0.2) is 53.6 Å². The Hall–Kier alpha value is -1.46. The molecule has 22 heavy (non-hydrogen) atoms. The van der Waals surface area contributed by atoms with E-state index in [1.807, 2.05) is 4.90 Å². The summed E-state index contributed by atoms with van der Waals surface area (Å²) in [5.41, 5.74) is 0.970. The fraction of sp³-hybridized carbons (Fsp3) is 0.588. The first-order chi connectivity index (χ1) is 10.7. The minimum Gasteiger partial charge on any atom is -0.365 e. The van der Waals surface area contributed by atoms with Crippen molar-refractivity contribution in [1.82, 2.24) is 9.80 Å². The highest BCUT2D eigenvalue weighted by molar-refractivity contribution is 5.78. The fourth-order valence-electron chi connectivity index (χ4n) is 3.74. The third-order valence-electron chi connectivity index (χ3n) is 5.26. The molecule has 1 amide bonds. The smallest absolute Gasteiger partial charge is 0.249 e. The molecule has 0 radical (unpaired) electrons. The van der Waals surface area contributed by atoms with Crippen LogP contribution in [0, 0.1) is 5.82 Å². The van der Waals surface area contributed by atoms with E-state index in [2.05, 4.69) is 4.90 Å². The number of ether oxygens (including phenoxy) is 1. The molecule has 0 N–H and O–H groups in total. The highest BCUT2D eigenvalue weighted by atomic mass is 19.1. The standard InChI is InChI=1S/C17H21FN2O2/c18-13-6-4-12(5-7-13)8-20-15-9-19(14-2-1-3-14)10-16(15)22-11-17(20)21/h4-7,14-16H,1-3,8-11H2/t15-,16+/m1/s1. The molecule has 4 nitrogen and oxygen atoms in total. The van der Waals surface area contributed by atoms with Gasteiger partial charge in [0.1, 0.15) is 12.4 Å². The summed E-state index contributed by atoms with van der Waals surface area (Å²) in [7, 11) is 0. The van der Waals surface area contributed by atoms with Crippen LogP contribution < -0.4 is 0 Å². The van der Waals surface area contributed by atoms with Gasteiger partial charge in [-0.3, -0.25) is 9.69 Å². The van der Waals surface area contributed by atoms with Gasteiger partial charge in [-0.05, 0) is 30.5 Å². The third-order valence-corrected chi connectivity index (χ3v) is 5.26. The summed E-state index contributed by atoms with van der Waals surface area (Å²) in [5.74, 6) is -0.201. The number of hydrogen-bond acceptors (Lipinski definition) is 3. The van der Waals surface area contributed by atoms with E-state index in [4.69, 9.17) is 4.74 Å². The maximum Gasteiger partial charge on any atom is 0.249 e. The zero-order chi connectivity index (χ0) is 15.1. The van der Waals surface area contributed by atoms with E-state index >= 15 is 0 Å². The molecule has 3 aliphatic rings. The van der Waals surface area contributed by atoms with Gasteiger partial charge in [-0.1, -0.05) is 18.6 Å². The third kappa shape index (κ3) is 2.52. The van der Waals surface area contributed by atoms with Crippen molar-refractivity contribution in [2.75, 3.05) is 19.7 Å². The van der Waals surface area contributed by atoms with Gasteiger partial charge in [-0.25, -0.2) is 4.39 Å². The molecule has 118 valence electrons. The molecule has 1 aliphatic carbocycles. The number of benzene rings is 1. The minimum atomic E-state index is -0.244. The van der Waals surface area contributed by atoms with Gasteiger partial charge in [0.2, 0.25) is 5.91 Å². The second-order valence-corrected chi connectivity index (χ2v) is 6.60. The predicted molar refractivity (Wildman–Crippen MR) is 79.7 cm³/mol. The second kappa shape index (κ2) is 5.63. The quantitative estimate of drug-likeness (QED) is 0.853. The number of amides is 1. The van der Waals surface area contributed by atoms with Crippen LogP contribution in [0.5, 0.6) is 0 Å². The molecule has 2 aliphatic heterocycles. The first-order valence-electron chi connectivity index (χ1n) is 8.10. The molecule has 0 bridgehead atoms. The Morgan fingerprint density at radius 2 is 1.95 bits per heavy atom. The lowest BCUT2D eigenvalue weighted by molar-refractivity contribution is -0.153. The number of carbonyl (C=O) groups is 1. The van der Waals surface area contributed by atoms with Crippen LogP contribution in [0.4, 0.5) is 4.39 Å². The average molecular weight is 304 g/mol. The van der Waals surface area contributed by atoms with Crippen molar-refractivity contribution in [1.29, 1.82) is 0 Å². The van der Waals surface area contributed by atoms with E-state index in [0.717, 1.165) is 18.7 Å². The summed E-state index contributed by atoms with van der Waals surface area (Å²) in [6.07, 6.45) is 3.98. The molecule has 5 heteroatoms. The van der Waals surface area contributed by atoms with Gasteiger partial charge >= 0.3 is 0 Å². The molecule has 2 heterocycles. The summed E-state index contributed by atoms with van der Waals surface area (Å²) in [4.78, 5) is 16.7. The van der Waals surface area contributed by atoms with E-state index in [0.29, 0.717) is 12.6 Å². The number of morpholine rings is 1. The lowest BCUT2D eigenvalue weighted by Crippen LogP contribution is -2.53. The number of nitrogens with zero attached hydrogens (tertiary/aromatic N) is 2. The monoisotopic (exact) mass is 304 g/mol. The zero-order valence-electron chi connectivity index (χ0n) is 12.6. The number of fused-ring (bicyclic) bond motifs is 1. The van der Waals surface area contributed by atoms with Crippen LogP contribution in [0.2, 0.25) is 0 Å². The van der Waals surface area contributed by atoms with E-state index in [1.165, 1.54) is 31.4 Å². The van der Waals surface area contributed by atoms with Gasteiger partial charge in [-0.15, -0.1) is 0 Å². The van der Waals surface area contributed by atoms with Crippen molar-refractivity contribution in [2.45, 2.75) is 44.0 Å². The zero-order valence-corrected chi connectivity index (χ0v) is 12.6. The maximum atomic E-state index is 13.0. The van der Waals surface area contributed by atoms with Crippen LogP contribution in [0.15, 0.2) is 24.3 Å². The molecule has 1 saturated carbocycles. The number of hydrogen-bond donors (Lipinski definition) is 0. The van der Waals surface area contributed by atoms with Crippen LogP contribution >= 0.6 is 0 Å². The SMILES string of the molecule is O=C1CO[C@H]2CN(C3CCC3)C[C@H]2N1Cc1ccc(F)cc1. The summed E-state index contributed by atoms with van der Waals surface area (Å²) in [6, 6.07) is 7.22. The Balaban J connectivity index is 1.49. The van der Waals surface area contributed by atoms with E-state index in [9.17, 15) is 9.18 Å². The lowest BCUT2D eigenvalue weighted by Gasteiger charge is -2.37. The summed E-state index contributed by atoms with van der Waals surface area (Å²) in [6.45, 7) is 2.55. The summed E-state index contributed by atoms with van der Waals surface area (Å²) < 4.78 is 18.8. The number of carbonyl (C=O) groups excluding carboxylic acids is 1. The highest BCUT2D eigenvalue weighted by Crippen LogP contribution is 2.32. The topological polar surface area (TPSA) is 32.8 Å². The molecule has 4 rings (SSSR count). The van der Waals surface area contributed by atoms with Crippen LogP contribution in [0.3, 0.4) is 0 Å². The first-order valence-corrected chi connectivity index (χ1v) is 8.10. The molecular weight excluding hydrogens is 283 g/mol. The van der Waals surface area contributed by atoms with Gasteiger partial charge in [0.05, 0.1) is 12.1 Å². The van der Waals surface area contributed by atoms with Crippen LogP contribution in [-0.2, 0) is 16.1 Å². The summed E-state index contributed by atoms with van der Waals surface area (Å²) in [5, 5.41) is 0. The van der Waals surface area contributed by atoms with Crippen molar-refractivity contribution in [3.63, 3.8) is 0 Å². The molecule has 3 fully saturated rings. The maximum absolute atomic E-state index is 13.0. The van der Waals surface area contributed by atoms with E-state index in [1.54, 1.807) is 12.1 Å². The second-order valence-electron chi connectivity index (χ2n) is 6.60. The van der Waals surface area contributed by atoms with Gasteiger partial charge < -0.3 is 9.64 Å². The predicted octanol–water partition coefficient (Wildman–Crippen LogP) is 1.79. The van der Waals surface area contributed by atoms with E-state index < -0.39 is 0 Å². The van der Waals surface area contributed by atoms with E-state index in [-0.39, 0.29) is 30.5 Å². The molecular formula is C17H21FN2O2. The van der Waals surface area contributed by atoms with Gasteiger partial charge in [-0.2, -0.15) is 0 Å². The van der Waals surface area contributed by atoms with Crippen molar-refractivity contribution >= 4 is 5.91 Å². The number of halogens is 1. The Bertz CT molecular complexity index is 558. The average Bonchev–Trinajstić information content (AvgIpc) is 2.86. The first kappa shape index (κ1) is 14.2. The van der Waals surface area contributed by atoms with Crippen molar-refractivity contribution in [2.24, 2.45) is 0 Å². The number of likely N-dealkylation sites (tertiary alicyclic amines) is 1. The molecule has 0 spiro atoms. The summed E-state index contributed by atoms with van der Waals surface area (Å²) >= 11 is 0. The number of rotatable bonds is 3. The van der Waals surface area contributed by atoms with Crippen LogP contribution in [0.25, 0.3) is 0 Å². The Labute approximate surface area is 129 Å². The van der Waals surface area contributed by atoms with Crippen molar-refractivity contribution in [3.05, 3.63) is 35.6 Å². The molecule has 0 unspecified atom stereocenters. The van der Waals surface area contributed by atoms with Crippen molar-refractivity contribution in [3.8, 4) is 0 Å². The molecule has 1 aromatic rings. The molecule has 1 aromatic carbocycles.